The zero-order chi connectivity index (χ0) is 11.4. The van der Waals surface area contributed by atoms with E-state index < -0.39 is 0 Å². The lowest BCUT2D eigenvalue weighted by Crippen LogP contribution is -2.36. The van der Waals surface area contributed by atoms with Gasteiger partial charge >= 0.3 is 0 Å². The maximum atomic E-state index is 11.2. The van der Waals surface area contributed by atoms with Gasteiger partial charge in [0.05, 0.1) is 11.8 Å². The van der Waals surface area contributed by atoms with Crippen molar-refractivity contribution >= 4 is 12.4 Å². The van der Waals surface area contributed by atoms with Crippen molar-refractivity contribution < 1.29 is 14.3 Å². The summed E-state index contributed by atoms with van der Waals surface area (Å²) in [5.74, 6) is -0.386. The van der Waals surface area contributed by atoms with Gasteiger partial charge in [0, 0.05) is 6.54 Å². The molecule has 2 aromatic rings. The van der Waals surface area contributed by atoms with E-state index >= 15 is 0 Å². The summed E-state index contributed by atoms with van der Waals surface area (Å²) in [4.78, 5) is 0. The molecule has 0 bridgehead atoms. The van der Waals surface area contributed by atoms with Gasteiger partial charge in [-0.15, -0.1) is 12.4 Å². The Bertz CT molecular complexity index is 439. The van der Waals surface area contributed by atoms with Crippen LogP contribution in [0, 0.1) is 0 Å². The molecule has 0 aliphatic heterocycles. The van der Waals surface area contributed by atoms with E-state index in [0.717, 1.165) is 0 Å². The average molecular weight is 256 g/mol. The maximum absolute atomic E-state index is 11.2. The quantitative estimate of drug-likeness (QED) is 0.798. The van der Waals surface area contributed by atoms with Crippen molar-refractivity contribution in [1.82, 2.24) is 10.6 Å². The molecule has 0 saturated carbocycles. The van der Waals surface area contributed by atoms with Crippen molar-refractivity contribution in [2.45, 2.75) is 13.1 Å². The fraction of sp³-hybridized carbons (Fsp3) is 0.273. The van der Waals surface area contributed by atoms with Crippen LogP contribution in [0.4, 0.5) is 0 Å². The van der Waals surface area contributed by atoms with E-state index in [-0.39, 0.29) is 18.4 Å². The third kappa shape index (κ3) is 3.44. The highest BCUT2D eigenvalue weighted by atomic mass is 35.5. The predicted molar refractivity (Wildman–Crippen MR) is 61.4 cm³/mol. The smallest absolute Gasteiger partial charge is 0.246 e. The summed E-state index contributed by atoms with van der Waals surface area (Å²) in [6.07, 6.45) is 0. The van der Waals surface area contributed by atoms with Gasteiger partial charge in [-0.25, -0.2) is 0 Å². The van der Waals surface area contributed by atoms with Crippen molar-refractivity contribution in [3.63, 3.8) is 0 Å². The Kier molecular flexibility index (Phi) is 4.93. The van der Waals surface area contributed by atoms with E-state index in [4.69, 9.17) is 0 Å². The first kappa shape index (κ1) is 13.5. The summed E-state index contributed by atoms with van der Waals surface area (Å²) in [5.41, 5.74) is 1.70. The van der Waals surface area contributed by atoms with Gasteiger partial charge < -0.3 is 14.9 Å². The summed E-state index contributed by atoms with van der Waals surface area (Å²) >= 11 is 0. The van der Waals surface area contributed by atoms with E-state index in [1.54, 1.807) is 7.05 Å². The second kappa shape index (κ2) is 6.22. The standard InChI is InChI=1S/C11H13N3O2.ClH/c1-14-10(11(15)16-13-14)8-12-7-9-5-3-2-4-6-9;/h2-6,12H,7-8H2,1H3;1H. The number of nitrogens with one attached hydrogen (secondary N) is 1. The second-order valence-electron chi connectivity index (χ2n) is 3.52. The van der Waals surface area contributed by atoms with Gasteiger partial charge in [-0.3, -0.25) is 0 Å². The zero-order valence-electron chi connectivity index (χ0n) is 9.42. The Morgan fingerprint density at radius 1 is 1.29 bits per heavy atom. The lowest BCUT2D eigenvalue weighted by Gasteiger charge is -2.02. The van der Waals surface area contributed by atoms with Crippen LogP contribution >= 0.6 is 12.4 Å². The van der Waals surface area contributed by atoms with Crippen molar-refractivity contribution in [2.24, 2.45) is 7.05 Å². The molecule has 0 radical (unpaired) electrons. The molecule has 17 heavy (non-hydrogen) atoms. The van der Waals surface area contributed by atoms with Crippen molar-refractivity contribution in [3.8, 4) is 5.95 Å². The fourth-order valence-electron chi connectivity index (χ4n) is 1.44. The van der Waals surface area contributed by atoms with E-state index in [0.29, 0.717) is 18.8 Å². The molecule has 0 unspecified atom stereocenters. The Hall–Kier alpha value is -1.59. The summed E-state index contributed by atoms with van der Waals surface area (Å²) < 4.78 is 5.96. The number of aromatic nitrogens is 2. The number of nitrogens with zero attached hydrogens (tertiary/aromatic N) is 2. The highest BCUT2D eigenvalue weighted by Gasteiger charge is 2.11. The van der Waals surface area contributed by atoms with Gasteiger partial charge in [0.15, 0.2) is 13.0 Å². The fourth-order valence-corrected chi connectivity index (χ4v) is 1.44. The molecule has 1 heterocycles. The number of aryl methyl sites for hydroxylation is 1. The summed E-state index contributed by atoms with van der Waals surface area (Å²) in [6, 6.07) is 9.99. The molecular formula is C11H14ClN3O2. The second-order valence-corrected chi connectivity index (χ2v) is 3.52. The van der Waals surface area contributed by atoms with E-state index in [1.165, 1.54) is 10.2 Å². The molecule has 2 rings (SSSR count). The van der Waals surface area contributed by atoms with Gasteiger partial charge in [-0.2, -0.15) is 0 Å². The van der Waals surface area contributed by atoms with Gasteiger partial charge in [0.1, 0.15) is 0 Å². The highest BCUT2D eigenvalue weighted by Crippen LogP contribution is 2.05. The number of halogens is 1. The summed E-state index contributed by atoms with van der Waals surface area (Å²) in [7, 11) is 1.68. The number of rotatable bonds is 4. The van der Waals surface area contributed by atoms with E-state index in [1.807, 2.05) is 30.3 Å². The van der Waals surface area contributed by atoms with Crippen LogP contribution in [-0.4, -0.2) is 5.27 Å². The molecule has 0 aliphatic rings. The average Bonchev–Trinajstić information content (AvgIpc) is 2.62. The molecule has 1 aromatic carbocycles. The minimum absolute atomic E-state index is 0. The minimum Gasteiger partial charge on any atom is -0.539 e. The molecule has 0 amide bonds. The van der Waals surface area contributed by atoms with Crippen LogP contribution in [0.2, 0.25) is 0 Å². The first-order valence-electron chi connectivity index (χ1n) is 5.04. The highest BCUT2D eigenvalue weighted by molar-refractivity contribution is 5.85. The Morgan fingerprint density at radius 2 is 2.00 bits per heavy atom. The van der Waals surface area contributed by atoms with Crippen molar-refractivity contribution in [1.29, 1.82) is 0 Å². The molecular weight excluding hydrogens is 242 g/mol. The van der Waals surface area contributed by atoms with Crippen molar-refractivity contribution in [3.05, 3.63) is 41.6 Å². The number of hydrogen-bond acceptors (Lipinski definition) is 4. The van der Waals surface area contributed by atoms with Crippen LogP contribution in [0.15, 0.2) is 34.9 Å². The van der Waals surface area contributed by atoms with Gasteiger partial charge in [0.2, 0.25) is 5.69 Å². The first-order valence-corrected chi connectivity index (χ1v) is 5.04. The topological polar surface area (TPSA) is 65.0 Å². The van der Waals surface area contributed by atoms with Crippen molar-refractivity contribution in [2.75, 3.05) is 0 Å². The Morgan fingerprint density at radius 3 is 2.59 bits per heavy atom. The number of hydrogen-bond donors (Lipinski definition) is 1. The van der Waals surface area contributed by atoms with Crippen LogP contribution in [0.25, 0.3) is 0 Å². The summed E-state index contributed by atoms with van der Waals surface area (Å²) in [6.45, 7) is 1.17. The van der Waals surface area contributed by atoms with Gasteiger partial charge in [-0.05, 0) is 5.56 Å². The van der Waals surface area contributed by atoms with Crippen LogP contribution in [0.1, 0.15) is 11.3 Å². The molecule has 0 saturated heterocycles. The summed E-state index contributed by atoms with van der Waals surface area (Å²) in [5, 5.41) is 17.9. The van der Waals surface area contributed by atoms with E-state index in [2.05, 4.69) is 15.1 Å². The van der Waals surface area contributed by atoms with Crippen LogP contribution in [0.5, 0.6) is 5.95 Å². The van der Waals surface area contributed by atoms with Gasteiger partial charge in [-0.1, -0.05) is 35.0 Å². The monoisotopic (exact) mass is 255 g/mol. The Labute approximate surface area is 105 Å². The van der Waals surface area contributed by atoms with Gasteiger partial charge in [0.25, 0.3) is 0 Å². The first-order chi connectivity index (χ1) is 7.77. The van der Waals surface area contributed by atoms with Crippen LogP contribution in [-0.2, 0) is 20.1 Å². The third-order valence-electron chi connectivity index (χ3n) is 2.34. The third-order valence-corrected chi connectivity index (χ3v) is 2.34. The molecule has 6 heteroatoms. The molecule has 0 spiro atoms. The van der Waals surface area contributed by atoms with Crippen LogP contribution < -0.4 is 15.1 Å². The molecule has 5 nitrogen and oxygen atoms in total. The molecule has 0 aliphatic carbocycles. The number of benzene rings is 1. The largest absolute Gasteiger partial charge is 0.539 e. The molecule has 1 N–H and O–H groups in total. The Balaban J connectivity index is 0.00000144. The molecule has 92 valence electrons. The normalized spacial score (nSPS) is 9.94. The predicted octanol–water partition coefficient (Wildman–Crippen LogP) is 0.284. The molecule has 1 aromatic heterocycles. The lowest BCUT2D eigenvalue weighted by atomic mass is 10.2. The minimum atomic E-state index is -0.386. The zero-order valence-corrected chi connectivity index (χ0v) is 10.2. The SMILES string of the molecule is C[n+]1noc([O-])c1CNCc1ccccc1.Cl. The lowest BCUT2D eigenvalue weighted by molar-refractivity contribution is -0.746. The molecule has 0 atom stereocenters. The van der Waals surface area contributed by atoms with E-state index in [9.17, 15) is 5.11 Å². The molecule has 0 fully saturated rings. The maximum Gasteiger partial charge on any atom is 0.246 e. The van der Waals surface area contributed by atoms with Crippen LogP contribution in [0.3, 0.4) is 0 Å².